The van der Waals surface area contributed by atoms with Gasteiger partial charge in [-0.1, -0.05) is 0 Å². The second kappa shape index (κ2) is 7.52. The number of anilines is 2. The molecule has 126 valence electrons. The van der Waals surface area contributed by atoms with Gasteiger partial charge in [0.2, 0.25) is 0 Å². The van der Waals surface area contributed by atoms with Crippen LogP contribution in [0, 0.1) is 0 Å². The van der Waals surface area contributed by atoms with Crippen molar-refractivity contribution in [2.75, 3.05) is 69.9 Å². The van der Waals surface area contributed by atoms with Gasteiger partial charge < -0.3 is 29.3 Å². The van der Waals surface area contributed by atoms with Crippen molar-refractivity contribution in [1.29, 1.82) is 0 Å². The lowest BCUT2D eigenvalue weighted by Gasteiger charge is -2.30. The molecule has 2 heterocycles. The van der Waals surface area contributed by atoms with Crippen molar-refractivity contribution < 1.29 is 19.0 Å². The summed E-state index contributed by atoms with van der Waals surface area (Å²) in [5, 5.41) is 2.96. The Balaban J connectivity index is 1.74. The van der Waals surface area contributed by atoms with Gasteiger partial charge in [-0.25, -0.2) is 4.79 Å². The fourth-order valence-corrected chi connectivity index (χ4v) is 2.77. The molecule has 1 aromatic rings. The second-order valence-electron chi connectivity index (χ2n) is 5.51. The van der Waals surface area contributed by atoms with E-state index in [0.717, 1.165) is 32.0 Å². The Kier molecular flexibility index (Phi) is 5.19. The highest BCUT2D eigenvalue weighted by molar-refractivity contribution is 5.91. The molecule has 2 fully saturated rings. The smallest absolute Gasteiger partial charge is 0.322 e. The maximum absolute atomic E-state index is 12.4. The van der Waals surface area contributed by atoms with Crippen molar-refractivity contribution in [2.45, 2.75) is 0 Å². The van der Waals surface area contributed by atoms with Crippen LogP contribution in [-0.4, -0.2) is 70.6 Å². The molecule has 0 radical (unpaired) electrons. The fraction of sp³-hybridized carbons (Fsp3) is 0.562. The van der Waals surface area contributed by atoms with Gasteiger partial charge in [0.15, 0.2) is 0 Å². The van der Waals surface area contributed by atoms with Crippen LogP contribution < -0.4 is 15.0 Å². The number of rotatable bonds is 3. The summed E-state index contributed by atoms with van der Waals surface area (Å²) in [5.41, 5.74) is 1.75. The standard InChI is InChI=1S/C16H23N3O4/c1-21-15-3-2-13(18-4-8-22-9-5-18)12-14(15)17-16(20)19-6-10-23-11-7-19/h2-3,12H,4-11H2,1H3,(H,17,20). The molecule has 0 aromatic heterocycles. The Bertz CT molecular complexity index is 540. The first kappa shape index (κ1) is 15.9. The van der Waals surface area contributed by atoms with Crippen molar-refractivity contribution in [3.63, 3.8) is 0 Å². The lowest BCUT2D eigenvalue weighted by molar-refractivity contribution is 0.0564. The molecule has 0 unspecified atom stereocenters. The minimum Gasteiger partial charge on any atom is -0.495 e. The highest BCUT2D eigenvalue weighted by Crippen LogP contribution is 2.30. The van der Waals surface area contributed by atoms with Crippen LogP contribution in [0.2, 0.25) is 0 Å². The van der Waals surface area contributed by atoms with Crippen LogP contribution in [0.15, 0.2) is 18.2 Å². The van der Waals surface area contributed by atoms with E-state index in [4.69, 9.17) is 14.2 Å². The first-order chi connectivity index (χ1) is 11.3. The Morgan fingerprint density at radius 1 is 1.09 bits per heavy atom. The topological polar surface area (TPSA) is 63.3 Å². The molecule has 2 aliphatic heterocycles. The van der Waals surface area contributed by atoms with Gasteiger partial charge in [-0.15, -0.1) is 0 Å². The lowest BCUT2D eigenvalue weighted by atomic mass is 10.2. The van der Waals surface area contributed by atoms with E-state index in [2.05, 4.69) is 10.2 Å². The Labute approximate surface area is 136 Å². The number of amides is 2. The number of urea groups is 1. The summed E-state index contributed by atoms with van der Waals surface area (Å²) in [6.07, 6.45) is 0. The summed E-state index contributed by atoms with van der Waals surface area (Å²) in [4.78, 5) is 16.4. The van der Waals surface area contributed by atoms with E-state index in [-0.39, 0.29) is 6.03 Å². The summed E-state index contributed by atoms with van der Waals surface area (Å²) in [7, 11) is 1.61. The van der Waals surface area contributed by atoms with Gasteiger partial charge in [-0.2, -0.15) is 0 Å². The third-order valence-corrected chi connectivity index (χ3v) is 4.10. The number of morpholine rings is 2. The van der Waals surface area contributed by atoms with Crippen molar-refractivity contribution in [3.05, 3.63) is 18.2 Å². The van der Waals surface area contributed by atoms with E-state index in [1.165, 1.54) is 0 Å². The number of carbonyl (C=O) groups is 1. The SMILES string of the molecule is COc1ccc(N2CCOCC2)cc1NC(=O)N1CCOCC1. The molecule has 1 aromatic carbocycles. The highest BCUT2D eigenvalue weighted by atomic mass is 16.5. The molecule has 0 aliphatic carbocycles. The predicted octanol–water partition coefficient (Wildman–Crippen LogP) is 1.40. The largest absolute Gasteiger partial charge is 0.495 e. The maximum atomic E-state index is 12.4. The average molecular weight is 321 g/mol. The average Bonchev–Trinajstić information content (AvgIpc) is 2.63. The van der Waals surface area contributed by atoms with Gasteiger partial charge in [0.25, 0.3) is 0 Å². The maximum Gasteiger partial charge on any atom is 0.322 e. The number of methoxy groups -OCH3 is 1. The molecular formula is C16H23N3O4. The number of hydrogen-bond donors (Lipinski definition) is 1. The van der Waals surface area contributed by atoms with Crippen molar-refractivity contribution >= 4 is 17.4 Å². The van der Waals surface area contributed by atoms with E-state index in [1.807, 2.05) is 18.2 Å². The predicted molar refractivity (Wildman–Crippen MR) is 87.4 cm³/mol. The van der Waals surface area contributed by atoms with E-state index >= 15 is 0 Å². The molecule has 1 N–H and O–H groups in total. The molecule has 2 aliphatic rings. The quantitative estimate of drug-likeness (QED) is 0.912. The molecule has 7 nitrogen and oxygen atoms in total. The zero-order valence-electron chi connectivity index (χ0n) is 13.4. The summed E-state index contributed by atoms with van der Waals surface area (Å²) in [6.45, 7) is 5.53. The van der Waals surface area contributed by atoms with E-state index in [0.29, 0.717) is 37.7 Å². The van der Waals surface area contributed by atoms with Crippen LogP contribution in [0.25, 0.3) is 0 Å². The van der Waals surface area contributed by atoms with Crippen LogP contribution >= 0.6 is 0 Å². The summed E-state index contributed by atoms with van der Waals surface area (Å²) < 4.78 is 16.0. The van der Waals surface area contributed by atoms with Crippen LogP contribution in [0.4, 0.5) is 16.2 Å². The Morgan fingerprint density at radius 2 is 1.74 bits per heavy atom. The third-order valence-electron chi connectivity index (χ3n) is 4.10. The molecular weight excluding hydrogens is 298 g/mol. The summed E-state index contributed by atoms with van der Waals surface area (Å²) >= 11 is 0. The fourth-order valence-electron chi connectivity index (χ4n) is 2.77. The molecule has 0 atom stereocenters. The Hall–Kier alpha value is -1.99. The molecule has 3 rings (SSSR count). The number of nitrogens with one attached hydrogen (secondary N) is 1. The summed E-state index contributed by atoms with van der Waals surface area (Å²) in [6, 6.07) is 5.74. The molecule has 0 bridgehead atoms. The van der Waals surface area contributed by atoms with Crippen molar-refractivity contribution in [3.8, 4) is 5.75 Å². The first-order valence-electron chi connectivity index (χ1n) is 7.92. The molecule has 0 spiro atoms. The van der Waals surface area contributed by atoms with Gasteiger partial charge in [0.05, 0.1) is 39.2 Å². The number of ether oxygens (including phenoxy) is 3. The molecule has 23 heavy (non-hydrogen) atoms. The lowest BCUT2D eigenvalue weighted by Crippen LogP contribution is -2.43. The van der Waals surface area contributed by atoms with Crippen LogP contribution in [0.3, 0.4) is 0 Å². The van der Waals surface area contributed by atoms with Crippen LogP contribution in [-0.2, 0) is 9.47 Å². The van der Waals surface area contributed by atoms with Gasteiger partial charge in [-0.3, -0.25) is 0 Å². The number of carbonyl (C=O) groups excluding carboxylic acids is 1. The van der Waals surface area contributed by atoms with E-state index in [9.17, 15) is 4.79 Å². The number of nitrogens with zero attached hydrogens (tertiary/aromatic N) is 2. The minimum absolute atomic E-state index is 0.120. The van der Waals surface area contributed by atoms with E-state index in [1.54, 1.807) is 12.0 Å². The summed E-state index contributed by atoms with van der Waals surface area (Å²) in [5.74, 6) is 0.656. The molecule has 7 heteroatoms. The van der Waals surface area contributed by atoms with Crippen molar-refractivity contribution in [1.82, 2.24) is 4.90 Å². The van der Waals surface area contributed by atoms with Gasteiger partial charge >= 0.3 is 6.03 Å². The minimum atomic E-state index is -0.120. The van der Waals surface area contributed by atoms with Gasteiger partial charge in [0.1, 0.15) is 5.75 Å². The Morgan fingerprint density at radius 3 is 2.39 bits per heavy atom. The third kappa shape index (κ3) is 3.86. The normalized spacial score (nSPS) is 18.7. The van der Waals surface area contributed by atoms with Gasteiger partial charge in [0, 0.05) is 31.9 Å². The van der Waals surface area contributed by atoms with Crippen molar-refractivity contribution in [2.24, 2.45) is 0 Å². The molecule has 2 saturated heterocycles. The van der Waals surface area contributed by atoms with Crippen LogP contribution in [0.5, 0.6) is 5.75 Å². The second-order valence-corrected chi connectivity index (χ2v) is 5.51. The van der Waals surface area contributed by atoms with Gasteiger partial charge in [-0.05, 0) is 18.2 Å². The first-order valence-corrected chi connectivity index (χ1v) is 7.92. The van der Waals surface area contributed by atoms with Crippen LogP contribution in [0.1, 0.15) is 0 Å². The highest BCUT2D eigenvalue weighted by Gasteiger charge is 2.19. The van der Waals surface area contributed by atoms with E-state index < -0.39 is 0 Å². The molecule has 0 saturated carbocycles. The number of hydrogen-bond acceptors (Lipinski definition) is 5. The zero-order chi connectivity index (χ0) is 16.1. The molecule has 2 amide bonds. The monoisotopic (exact) mass is 321 g/mol. The zero-order valence-corrected chi connectivity index (χ0v) is 13.4. The number of benzene rings is 1.